The van der Waals surface area contributed by atoms with Gasteiger partial charge in [0, 0.05) is 0 Å². The molecule has 0 aliphatic heterocycles. The maximum Gasteiger partial charge on any atom is 0.338 e. The van der Waals surface area contributed by atoms with E-state index in [1.165, 1.54) is 14.2 Å². The Bertz CT molecular complexity index is 417. The Labute approximate surface area is 106 Å². The molecule has 5 heteroatoms. The third kappa shape index (κ3) is 4.18. The predicted octanol–water partition coefficient (Wildman–Crippen LogP) is 0.778. The summed E-state index contributed by atoms with van der Waals surface area (Å²) in [5.41, 5.74) is 1.45. The number of ether oxygens (including phenoxy) is 2. The maximum atomic E-state index is 11.5. The summed E-state index contributed by atoms with van der Waals surface area (Å²) in [4.78, 5) is 22.4. The topological polar surface area (TPSA) is 64.6 Å². The number of methoxy groups -OCH3 is 2. The maximum absolute atomic E-state index is 11.5. The predicted molar refractivity (Wildman–Crippen MR) is 66.4 cm³/mol. The van der Waals surface area contributed by atoms with E-state index in [0.29, 0.717) is 18.5 Å². The number of hydrogen-bond acceptors (Lipinski definition) is 5. The van der Waals surface area contributed by atoms with Crippen molar-refractivity contribution in [2.24, 2.45) is 0 Å². The van der Waals surface area contributed by atoms with E-state index >= 15 is 0 Å². The van der Waals surface area contributed by atoms with Crippen molar-refractivity contribution in [2.75, 3.05) is 27.3 Å². The van der Waals surface area contributed by atoms with E-state index in [9.17, 15) is 9.59 Å². The van der Waals surface area contributed by atoms with E-state index < -0.39 is 0 Å². The van der Waals surface area contributed by atoms with Crippen LogP contribution in [0.2, 0.25) is 0 Å². The molecule has 0 fully saturated rings. The van der Waals surface area contributed by atoms with Crippen molar-refractivity contribution in [2.45, 2.75) is 6.42 Å². The summed E-state index contributed by atoms with van der Waals surface area (Å²) >= 11 is 0. The molecule has 0 aliphatic carbocycles. The van der Waals surface area contributed by atoms with Crippen molar-refractivity contribution in [3.8, 4) is 0 Å². The highest BCUT2D eigenvalue weighted by Gasteiger charge is 2.10. The highest BCUT2D eigenvalue weighted by Crippen LogP contribution is 2.10. The van der Waals surface area contributed by atoms with Crippen molar-refractivity contribution in [3.05, 3.63) is 35.4 Å². The SMILES string of the molecule is COC(=O)CNCCc1ccccc1C(=O)OC. The molecule has 0 aliphatic rings. The fourth-order valence-corrected chi connectivity index (χ4v) is 1.53. The van der Waals surface area contributed by atoms with E-state index in [4.69, 9.17) is 4.74 Å². The normalized spacial score (nSPS) is 9.89. The zero-order valence-electron chi connectivity index (χ0n) is 10.6. The number of carbonyl (C=O) groups is 2. The third-order valence-electron chi connectivity index (χ3n) is 2.49. The van der Waals surface area contributed by atoms with Gasteiger partial charge in [-0.1, -0.05) is 18.2 Å². The largest absolute Gasteiger partial charge is 0.468 e. The number of carbonyl (C=O) groups excluding carboxylic acids is 2. The number of nitrogens with one attached hydrogen (secondary N) is 1. The van der Waals surface area contributed by atoms with Gasteiger partial charge in [0.05, 0.1) is 26.3 Å². The molecule has 0 radical (unpaired) electrons. The average molecular weight is 251 g/mol. The summed E-state index contributed by atoms with van der Waals surface area (Å²) in [7, 11) is 2.70. The van der Waals surface area contributed by atoms with Crippen molar-refractivity contribution >= 4 is 11.9 Å². The van der Waals surface area contributed by atoms with Crippen LogP contribution in [0.25, 0.3) is 0 Å². The lowest BCUT2D eigenvalue weighted by molar-refractivity contribution is -0.139. The van der Waals surface area contributed by atoms with Crippen LogP contribution in [0.15, 0.2) is 24.3 Å². The van der Waals surface area contributed by atoms with Gasteiger partial charge < -0.3 is 14.8 Å². The van der Waals surface area contributed by atoms with Gasteiger partial charge in [0.15, 0.2) is 0 Å². The van der Waals surface area contributed by atoms with Crippen LogP contribution in [-0.4, -0.2) is 39.2 Å². The lowest BCUT2D eigenvalue weighted by atomic mass is 10.0. The Kier molecular flexibility index (Phi) is 5.87. The lowest BCUT2D eigenvalue weighted by Crippen LogP contribution is -2.26. The summed E-state index contributed by atoms with van der Waals surface area (Å²) in [6.07, 6.45) is 0.641. The number of esters is 2. The van der Waals surface area contributed by atoms with Gasteiger partial charge >= 0.3 is 11.9 Å². The van der Waals surface area contributed by atoms with Gasteiger partial charge in [-0.15, -0.1) is 0 Å². The molecule has 0 saturated carbocycles. The zero-order valence-corrected chi connectivity index (χ0v) is 10.6. The fraction of sp³-hybridized carbons (Fsp3) is 0.385. The molecule has 1 aromatic rings. The van der Waals surface area contributed by atoms with E-state index in [0.717, 1.165) is 5.56 Å². The Hall–Kier alpha value is -1.88. The zero-order chi connectivity index (χ0) is 13.4. The van der Waals surface area contributed by atoms with Crippen molar-refractivity contribution < 1.29 is 19.1 Å². The molecule has 0 aromatic heterocycles. The van der Waals surface area contributed by atoms with Crippen molar-refractivity contribution in [1.29, 1.82) is 0 Å². The first kappa shape index (κ1) is 14.2. The minimum absolute atomic E-state index is 0.164. The van der Waals surface area contributed by atoms with Crippen LogP contribution in [-0.2, 0) is 20.7 Å². The molecule has 0 bridgehead atoms. The standard InChI is InChI=1S/C13H17NO4/c1-17-12(15)9-14-8-7-10-5-3-4-6-11(10)13(16)18-2/h3-6,14H,7-9H2,1-2H3. The molecule has 0 saturated heterocycles. The molecule has 1 N–H and O–H groups in total. The van der Waals surface area contributed by atoms with Gasteiger partial charge in [-0.2, -0.15) is 0 Å². The highest BCUT2D eigenvalue weighted by atomic mass is 16.5. The number of benzene rings is 1. The molecule has 0 unspecified atom stereocenters. The molecule has 0 heterocycles. The first-order valence-electron chi connectivity index (χ1n) is 5.62. The minimum Gasteiger partial charge on any atom is -0.468 e. The summed E-state index contributed by atoms with van der Waals surface area (Å²) in [6.45, 7) is 0.750. The smallest absolute Gasteiger partial charge is 0.338 e. The molecular weight excluding hydrogens is 234 g/mol. The minimum atomic E-state index is -0.349. The quantitative estimate of drug-likeness (QED) is 0.598. The van der Waals surface area contributed by atoms with Gasteiger partial charge in [0.25, 0.3) is 0 Å². The Morgan fingerprint density at radius 2 is 1.89 bits per heavy atom. The summed E-state index contributed by atoms with van der Waals surface area (Å²) in [6, 6.07) is 7.24. The summed E-state index contributed by atoms with van der Waals surface area (Å²) in [5, 5.41) is 2.94. The van der Waals surface area contributed by atoms with E-state index in [1.54, 1.807) is 12.1 Å². The van der Waals surface area contributed by atoms with Gasteiger partial charge in [-0.25, -0.2) is 4.79 Å². The van der Waals surface area contributed by atoms with Crippen molar-refractivity contribution in [3.63, 3.8) is 0 Å². The van der Waals surface area contributed by atoms with Crippen LogP contribution in [0.1, 0.15) is 15.9 Å². The summed E-state index contributed by atoms with van der Waals surface area (Å²) < 4.78 is 9.21. The molecule has 98 valence electrons. The fourth-order valence-electron chi connectivity index (χ4n) is 1.53. The molecule has 0 spiro atoms. The molecule has 18 heavy (non-hydrogen) atoms. The van der Waals surface area contributed by atoms with Crippen LogP contribution in [0.5, 0.6) is 0 Å². The van der Waals surface area contributed by atoms with Gasteiger partial charge in [0.1, 0.15) is 0 Å². The van der Waals surface area contributed by atoms with Crippen LogP contribution >= 0.6 is 0 Å². The van der Waals surface area contributed by atoms with Crippen LogP contribution in [0.3, 0.4) is 0 Å². The molecule has 0 atom stereocenters. The monoisotopic (exact) mass is 251 g/mol. The van der Waals surface area contributed by atoms with Gasteiger partial charge in [-0.3, -0.25) is 4.79 Å². The molecule has 1 aromatic carbocycles. The first-order chi connectivity index (χ1) is 8.69. The second kappa shape index (κ2) is 7.45. The Balaban J connectivity index is 2.51. The summed E-state index contributed by atoms with van der Waals surface area (Å²) in [5.74, 6) is -0.658. The van der Waals surface area contributed by atoms with Crippen LogP contribution in [0, 0.1) is 0 Å². The average Bonchev–Trinajstić information content (AvgIpc) is 2.42. The Morgan fingerprint density at radius 1 is 1.17 bits per heavy atom. The number of hydrogen-bond donors (Lipinski definition) is 1. The number of rotatable bonds is 6. The highest BCUT2D eigenvalue weighted by molar-refractivity contribution is 5.90. The first-order valence-corrected chi connectivity index (χ1v) is 5.62. The van der Waals surface area contributed by atoms with E-state index in [2.05, 4.69) is 10.1 Å². The van der Waals surface area contributed by atoms with Crippen LogP contribution in [0.4, 0.5) is 0 Å². The lowest BCUT2D eigenvalue weighted by Gasteiger charge is -2.08. The van der Waals surface area contributed by atoms with Crippen LogP contribution < -0.4 is 5.32 Å². The molecule has 1 rings (SSSR count). The molecular formula is C13H17NO4. The second-order valence-electron chi connectivity index (χ2n) is 3.65. The third-order valence-corrected chi connectivity index (χ3v) is 2.49. The van der Waals surface area contributed by atoms with E-state index in [1.807, 2.05) is 12.1 Å². The van der Waals surface area contributed by atoms with E-state index in [-0.39, 0.29) is 18.5 Å². The van der Waals surface area contributed by atoms with Crippen molar-refractivity contribution in [1.82, 2.24) is 5.32 Å². The molecule has 0 amide bonds. The van der Waals surface area contributed by atoms with Gasteiger partial charge in [0.2, 0.25) is 0 Å². The molecule has 5 nitrogen and oxygen atoms in total. The van der Waals surface area contributed by atoms with Gasteiger partial charge in [-0.05, 0) is 24.6 Å². The Morgan fingerprint density at radius 3 is 2.56 bits per heavy atom. The second-order valence-corrected chi connectivity index (χ2v) is 3.65.